The molecule has 222 valence electrons. The van der Waals surface area contributed by atoms with E-state index in [9.17, 15) is 19.2 Å². The van der Waals surface area contributed by atoms with Crippen LogP contribution in [0.15, 0.2) is 42.5 Å². The molecule has 0 aromatic heterocycles. The van der Waals surface area contributed by atoms with Gasteiger partial charge in [0.1, 0.15) is 11.6 Å². The highest BCUT2D eigenvalue weighted by atomic mass is 16.6. The summed E-state index contributed by atoms with van der Waals surface area (Å²) in [4.78, 5) is 53.7. The van der Waals surface area contributed by atoms with Crippen molar-refractivity contribution >= 4 is 23.9 Å². The number of amides is 3. The summed E-state index contributed by atoms with van der Waals surface area (Å²) in [5.74, 6) is 1.40. The zero-order valence-corrected chi connectivity index (χ0v) is 24.5. The summed E-state index contributed by atoms with van der Waals surface area (Å²) in [6, 6.07) is 8.93. The number of nitrogens with one attached hydrogen (secondary N) is 1. The number of ether oxygens (including phenoxy) is 2. The molecule has 0 saturated carbocycles. The van der Waals surface area contributed by atoms with E-state index < -0.39 is 23.5 Å². The Balaban J connectivity index is 1.40. The van der Waals surface area contributed by atoms with Crippen molar-refractivity contribution in [2.75, 3.05) is 32.8 Å². The first-order chi connectivity index (χ1) is 19.5. The number of nitrogens with zero attached hydrogens (tertiary/aromatic N) is 2. The van der Waals surface area contributed by atoms with Crippen molar-refractivity contribution in [1.29, 1.82) is 0 Å². The summed E-state index contributed by atoms with van der Waals surface area (Å²) in [6.45, 7) is 7.82. The molecule has 0 aliphatic carbocycles. The van der Waals surface area contributed by atoms with E-state index in [4.69, 9.17) is 15.9 Å². The third-order valence-corrected chi connectivity index (χ3v) is 7.19. The maximum absolute atomic E-state index is 12.9. The molecule has 2 atom stereocenters. The van der Waals surface area contributed by atoms with Gasteiger partial charge in [-0.15, -0.1) is 6.42 Å². The molecule has 0 radical (unpaired) electrons. The third-order valence-electron chi connectivity index (χ3n) is 7.19. The summed E-state index contributed by atoms with van der Waals surface area (Å²) in [7, 11) is 0. The Bertz CT molecular complexity index is 1110. The van der Waals surface area contributed by atoms with E-state index in [1.54, 1.807) is 15.9 Å². The van der Waals surface area contributed by atoms with Gasteiger partial charge >= 0.3 is 12.1 Å². The molecule has 2 saturated heterocycles. The summed E-state index contributed by atoms with van der Waals surface area (Å²) in [5, 5.41) is 2.77. The van der Waals surface area contributed by atoms with Gasteiger partial charge in [0.2, 0.25) is 11.8 Å². The lowest BCUT2D eigenvalue weighted by molar-refractivity contribution is -0.143. The van der Waals surface area contributed by atoms with Gasteiger partial charge in [0, 0.05) is 32.6 Å². The fraction of sp³-hybridized carbons (Fsp3) is 0.562. The van der Waals surface area contributed by atoms with Gasteiger partial charge in [-0.1, -0.05) is 42.3 Å². The normalized spacial score (nSPS) is 18.8. The van der Waals surface area contributed by atoms with Crippen LogP contribution in [0.5, 0.6) is 0 Å². The fourth-order valence-corrected chi connectivity index (χ4v) is 4.91. The van der Waals surface area contributed by atoms with Gasteiger partial charge in [-0.2, -0.15) is 0 Å². The molecule has 1 aromatic carbocycles. The van der Waals surface area contributed by atoms with Crippen LogP contribution in [-0.2, 0) is 30.3 Å². The summed E-state index contributed by atoms with van der Waals surface area (Å²) in [6.07, 6.45) is 12.1. The van der Waals surface area contributed by atoms with Crippen LogP contribution in [0, 0.1) is 24.2 Å². The molecule has 2 aliphatic heterocycles. The number of likely N-dealkylation sites (tertiary alicyclic amines) is 2. The zero-order valence-electron chi connectivity index (χ0n) is 24.5. The number of carbonyl (C=O) groups is 4. The summed E-state index contributed by atoms with van der Waals surface area (Å²) >= 11 is 0. The first-order valence-electron chi connectivity index (χ1n) is 14.4. The van der Waals surface area contributed by atoms with E-state index in [2.05, 4.69) is 11.2 Å². The standard InChI is InChI=1S/C32H43N3O6/c1-5-27(22-29(37)40-21-17-24-10-7-6-8-11-24)33-30(38)26-12-9-18-35(23-26)28(36)14-13-25-15-19-34(20-16-25)31(39)41-32(2,3)4/h1,6-8,10-11,13-14,25-27H,9,12,15-23H2,2-4H3,(H,33,38)/b14-13+/t26-,27-/m1/s1. The van der Waals surface area contributed by atoms with E-state index in [-0.39, 0.29) is 36.9 Å². The first-order valence-corrected chi connectivity index (χ1v) is 14.4. The van der Waals surface area contributed by atoms with Crippen LogP contribution in [0.25, 0.3) is 0 Å². The summed E-state index contributed by atoms with van der Waals surface area (Å²) < 4.78 is 10.7. The number of rotatable bonds is 9. The van der Waals surface area contributed by atoms with Crippen molar-refractivity contribution < 1.29 is 28.7 Å². The van der Waals surface area contributed by atoms with Crippen molar-refractivity contribution in [3.8, 4) is 12.3 Å². The van der Waals surface area contributed by atoms with E-state index in [1.807, 2.05) is 57.2 Å². The van der Waals surface area contributed by atoms with Gasteiger partial charge in [-0.25, -0.2) is 4.79 Å². The van der Waals surface area contributed by atoms with Crippen molar-refractivity contribution in [3.63, 3.8) is 0 Å². The molecule has 1 aromatic rings. The Kier molecular flexibility index (Phi) is 11.8. The van der Waals surface area contributed by atoms with Gasteiger partial charge in [0.25, 0.3) is 0 Å². The first kappa shape index (κ1) is 31.7. The quantitative estimate of drug-likeness (QED) is 0.278. The Morgan fingerprint density at radius 1 is 1.07 bits per heavy atom. The molecule has 9 nitrogen and oxygen atoms in total. The molecule has 2 heterocycles. The molecule has 0 spiro atoms. The highest BCUT2D eigenvalue weighted by Crippen LogP contribution is 2.22. The van der Waals surface area contributed by atoms with E-state index in [1.165, 1.54) is 0 Å². The Morgan fingerprint density at radius 3 is 2.44 bits per heavy atom. The fourth-order valence-electron chi connectivity index (χ4n) is 4.91. The van der Waals surface area contributed by atoms with Crippen molar-refractivity contribution in [2.45, 2.75) is 70.9 Å². The number of allylic oxidation sites excluding steroid dienone is 1. The lowest BCUT2D eigenvalue weighted by Crippen LogP contribution is -2.47. The molecule has 2 fully saturated rings. The van der Waals surface area contributed by atoms with Crippen LogP contribution in [0.2, 0.25) is 0 Å². The van der Waals surface area contributed by atoms with Crippen molar-refractivity contribution in [1.82, 2.24) is 15.1 Å². The van der Waals surface area contributed by atoms with Crippen LogP contribution in [0.3, 0.4) is 0 Å². The maximum Gasteiger partial charge on any atom is 0.410 e. The second-order valence-electron chi connectivity index (χ2n) is 11.7. The Hall–Kier alpha value is -3.80. The molecule has 41 heavy (non-hydrogen) atoms. The lowest BCUT2D eigenvalue weighted by atomic mass is 9.95. The second-order valence-corrected chi connectivity index (χ2v) is 11.7. The molecule has 1 N–H and O–H groups in total. The van der Waals surface area contributed by atoms with Gasteiger partial charge in [0.15, 0.2) is 0 Å². The lowest BCUT2D eigenvalue weighted by Gasteiger charge is -2.33. The minimum absolute atomic E-state index is 0.109. The number of benzene rings is 1. The number of esters is 1. The van der Waals surface area contributed by atoms with Crippen LogP contribution in [-0.4, -0.2) is 78.1 Å². The average Bonchev–Trinajstić information content (AvgIpc) is 2.95. The highest BCUT2D eigenvalue weighted by molar-refractivity contribution is 5.88. The minimum atomic E-state index is -0.774. The van der Waals surface area contributed by atoms with Crippen molar-refractivity contribution in [2.24, 2.45) is 11.8 Å². The Morgan fingerprint density at radius 2 is 1.78 bits per heavy atom. The van der Waals surface area contributed by atoms with Crippen LogP contribution in [0.1, 0.15) is 58.4 Å². The molecular formula is C32H43N3O6. The summed E-state index contributed by atoms with van der Waals surface area (Å²) in [5.41, 5.74) is 0.539. The zero-order chi connectivity index (χ0) is 29.8. The third kappa shape index (κ3) is 10.9. The van der Waals surface area contributed by atoms with Gasteiger partial charge in [0.05, 0.1) is 18.9 Å². The largest absolute Gasteiger partial charge is 0.465 e. The van der Waals surface area contributed by atoms with Crippen LogP contribution >= 0.6 is 0 Å². The molecule has 2 aliphatic rings. The van der Waals surface area contributed by atoms with Crippen LogP contribution < -0.4 is 5.32 Å². The number of hydrogen-bond donors (Lipinski definition) is 1. The number of piperidine rings is 2. The number of terminal acetylenes is 1. The van der Waals surface area contributed by atoms with E-state index in [0.717, 1.165) is 18.4 Å². The molecule has 3 amide bonds. The molecule has 3 rings (SSSR count). The number of hydrogen-bond acceptors (Lipinski definition) is 6. The van der Waals surface area contributed by atoms with Crippen molar-refractivity contribution in [3.05, 3.63) is 48.0 Å². The Labute approximate surface area is 243 Å². The van der Waals surface area contributed by atoms with Gasteiger partial charge in [-0.3, -0.25) is 14.4 Å². The molecule has 9 heteroatoms. The molecule has 0 unspecified atom stereocenters. The van der Waals surface area contributed by atoms with Gasteiger partial charge < -0.3 is 24.6 Å². The van der Waals surface area contributed by atoms with E-state index in [0.29, 0.717) is 45.4 Å². The average molecular weight is 566 g/mol. The monoisotopic (exact) mass is 565 g/mol. The highest BCUT2D eigenvalue weighted by Gasteiger charge is 2.30. The van der Waals surface area contributed by atoms with Gasteiger partial charge in [-0.05, 0) is 64.0 Å². The maximum atomic E-state index is 12.9. The molecular weight excluding hydrogens is 522 g/mol. The van der Waals surface area contributed by atoms with E-state index >= 15 is 0 Å². The minimum Gasteiger partial charge on any atom is -0.465 e. The topological polar surface area (TPSA) is 105 Å². The predicted molar refractivity (Wildman–Crippen MR) is 155 cm³/mol. The predicted octanol–water partition coefficient (Wildman–Crippen LogP) is 3.72. The smallest absolute Gasteiger partial charge is 0.410 e. The van der Waals surface area contributed by atoms with Crippen LogP contribution in [0.4, 0.5) is 4.79 Å². The molecule has 0 bridgehead atoms. The second kappa shape index (κ2) is 15.3. The SMILES string of the molecule is C#C[C@H](CC(=O)OCCc1ccccc1)NC(=O)[C@@H]1CCCN(C(=O)/C=C/C2CCN(C(=O)OC(C)(C)C)CC2)C1. The number of carbonyl (C=O) groups excluding carboxylic acids is 4.